The number of nitrogens with two attached hydrogens (primary N) is 1. The third-order valence-electron chi connectivity index (χ3n) is 7.12. The van der Waals surface area contributed by atoms with Crippen LogP contribution in [0.25, 0.3) is 0 Å². The van der Waals surface area contributed by atoms with E-state index in [9.17, 15) is 5.11 Å². The van der Waals surface area contributed by atoms with Crippen molar-refractivity contribution in [2.24, 2.45) is 22.5 Å². The molecule has 0 aliphatic heterocycles. The summed E-state index contributed by atoms with van der Waals surface area (Å²) in [5, 5.41) is 9.95. The lowest BCUT2D eigenvalue weighted by atomic mass is 9.68. The number of rotatable bonds is 14. The van der Waals surface area contributed by atoms with Gasteiger partial charge in [-0.25, -0.2) is 0 Å². The molecule has 176 valence electrons. The van der Waals surface area contributed by atoms with Crippen LogP contribution in [0.15, 0.2) is 0 Å². The van der Waals surface area contributed by atoms with Crippen LogP contribution in [-0.4, -0.2) is 48.0 Å². The Morgan fingerprint density at radius 2 is 1.31 bits per heavy atom. The fourth-order valence-electron chi connectivity index (χ4n) is 2.84. The molecule has 0 fully saturated rings. The maximum atomic E-state index is 9.95. The van der Waals surface area contributed by atoms with Gasteiger partial charge in [0, 0.05) is 12.0 Å². The summed E-state index contributed by atoms with van der Waals surface area (Å²) >= 11 is 0. The predicted octanol–water partition coefficient (Wildman–Crippen LogP) is 5.14. The largest absolute Gasteiger partial charge is 0.390 e. The Bertz CT molecular complexity index is 476. The zero-order valence-corrected chi connectivity index (χ0v) is 21.4. The van der Waals surface area contributed by atoms with Crippen LogP contribution in [0.3, 0.4) is 0 Å². The topological polar surface area (TPSA) is 73.9 Å². The van der Waals surface area contributed by atoms with Gasteiger partial charge in [0.25, 0.3) is 0 Å². The molecule has 0 aliphatic rings. The van der Waals surface area contributed by atoms with Crippen molar-refractivity contribution >= 4 is 0 Å². The van der Waals surface area contributed by atoms with Gasteiger partial charge in [-0.2, -0.15) is 0 Å². The van der Waals surface area contributed by atoms with Crippen LogP contribution in [0, 0.1) is 16.7 Å². The summed E-state index contributed by atoms with van der Waals surface area (Å²) in [6.07, 6.45) is 1.65. The van der Waals surface area contributed by atoms with Gasteiger partial charge in [-0.15, -0.1) is 0 Å². The lowest BCUT2D eigenvalue weighted by Crippen LogP contribution is -2.55. The first-order valence-corrected chi connectivity index (χ1v) is 11.2. The third kappa shape index (κ3) is 9.22. The van der Waals surface area contributed by atoms with Crippen molar-refractivity contribution in [1.82, 2.24) is 0 Å². The molecule has 0 saturated heterocycles. The summed E-state index contributed by atoms with van der Waals surface area (Å²) in [5.41, 5.74) is 4.39. The van der Waals surface area contributed by atoms with Crippen LogP contribution in [0.1, 0.15) is 95.9 Å². The van der Waals surface area contributed by atoms with E-state index in [1.165, 1.54) is 0 Å². The second-order valence-electron chi connectivity index (χ2n) is 11.5. The quantitative estimate of drug-likeness (QED) is 0.383. The first kappa shape index (κ1) is 28.8. The zero-order chi connectivity index (χ0) is 23.3. The van der Waals surface area contributed by atoms with Crippen molar-refractivity contribution in [3.63, 3.8) is 0 Å². The maximum Gasteiger partial charge on any atom is 0.119 e. The summed E-state index contributed by atoms with van der Waals surface area (Å²) in [7, 11) is 0. The van der Waals surface area contributed by atoms with Gasteiger partial charge in [0.1, 0.15) is 5.72 Å². The van der Waals surface area contributed by atoms with Crippen molar-refractivity contribution in [3.8, 4) is 0 Å². The highest BCUT2D eigenvalue weighted by atomic mass is 16.5. The molecule has 5 heteroatoms. The SMILES string of the molecule is CC(C)OCCC(C)(C)C(C)(N)OCC(C)C(C)(C)C(C)(C)OCCC(C)(C)O. The average Bonchev–Trinajstić information content (AvgIpc) is 2.50. The molecule has 2 atom stereocenters. The molecule has 0 saturated carbocycles. The molecule has 0 radical (unpaired) electrons. The lowest BCUT2D eigenvalue weighted by Gasteiger charge is -2.47. The predicted molar refractivity (Wildman–Crippen MR) is 122 cm³/mol. The first-order chi connectivity index (χ1) is 12.8. The van der Waals surface area contributed by atoms with Crippen LogP contribution in [0.2, 0.25) is 0 Å². The summed E-state index contributed by atoms with van der Waals surface area (Å²) < 4.78 is 18.2. The number of aliphatic hydroxyl groups is 1. The minimum absolute atomic E-state index is 0.145. The Balaban J connectivity index is 4.90. The Morgan fingerprint density at radius 3 is 1.76 bits per heavy atom. The van der Waals surface area contributed by atoms with Gasteiger partial charge in [0.05, 0.1) is 30.5 Å². The van der Waals surface area contributed by atoms with Crippen molar-refractivity contribution in [2.75, 3.05) is 19.8 Å². The second-order valence-corrected chi connectivity index (χ2v) is 11.5. The molecule has 0 spiro atoms. The van der Waals surface area contributed by atoms with Crippen LogP contribution in [0.5, 0.6) is 0 Å². The van der Waals surface area contributed by atoms with E-state index in [4.69, 9.17) is 19.9 Å². The van der Waals surface area contributed by atoms with E-state index >= 15 is 0 Å². The molecule has 29 heavy (non-hydrogen) atoms. The monoisotopic (exact) mass is 417 g/mol. The molecule has 0 aromatic rings. The Kier molecular flexibility index (Phi) is 10.3. The normalized spacial score (nSPS) is 17.5. The second kappa shape index (κ2) is 10.4. The van der Waals surface area contributed by atoms with Crippen molar-refractivity contribution in [2.45, 2.75) is 119 Å². The number of hydrogen-bond acceptors (Lipinski definition) is 5. The van der Waals surface area contributed by atoms with E-state index in [1.807, 2.05) is 20.8 Å². The third-order valence-corrected chi connectivity index (χ3v) is 7.12. The van der Waals surface area contributed by atoms with E-state index in [0.717, 1.165) is 6.42 Å². The Morgan fingerprint density at radius 1 is 0.793 bits per heavy atom. The average molecular weight is 418 g/mol. The van der Waals surface area contributed by atoms with Gasteiger partial charge < -0.3 is 25.1 Å². The fraction of sp³-hybridized carbons (Fsp3) is 1.00. The van der Waals surface area contributed by atoms with Gasteiger partial charge >= 0.3 is 0 Å². The summed E-state index contributed by atoms with van der Waals surface area (Å²) in [6.45, 7) is 26.5. The van der Waals surface area contributed by atoms with E-state index in [2.05, 4.69) is 48.5 Å². The van der Waals surface area contributed by atoms with Gasteiger partial charge in [0.15, 0.2) is 0 Å². The smallest absolute Gasteiger partial charge is 0.119 e. The highest BCUT2D eigenvalue weighted by Crippen LogP contribution is 2.42. The molecule has 0 heterocycles. The lowest BCUT2D eigenvalue weighted by molar-refractivity contribution is -0.167. The molecule has 0 amide bonds. The molecule has 0 aliphatic carbocycles. The van der Waals surface area contributed by atoms with Crippen LogP contribution in [0.4, 0.5) is 0 Å². The van der Waals surface area contributed by atoms with Gasteiger partial charge in [-0.3, -0.25) is 0 Å². The van der Waals surface area contributed by atoms with E-state index in [-0.39, 0.29) is 28.5 Å². The molecule has 2 unspecified atom stereocenters. The van der Waals surface area contributed by atoms with Crippen LogP contribution in [-0.2, 0) is 14.2 Å². The molecule has 0 aromatic carbocycles. The summed E-state index contributed by atoms with van der Waals surface area (Å²) in [5.74, 6) is 0.227. The van der Waals surface area contributed by atoms with Gasteiger partial charge in [0.2, 0.25) is 0 Å². The minimum Gasteiger partial charge on any atom is -0.390 e. The van der Waals surface area contributed by atoms with Crippen molar-refractivity contribution in [3.05, 3.63) is 0 Å². The molecular formula is C24H51NO4. The van der Waals surface area contributed by atoms with Gasteiger partial charge in [-0.1, -0.05) is 34.6 Å². The highest BCUT2D eigenvalue weighted by Gasteiger charge is 2.44. The van der Waals surface area contributed by atoms with Crippen LogP contribution >= 0.6 is 0 Å². The highest BCUT2D eigenvalue weighted by molar-refractivity contribution is 4.93. The van der Waals surface area contributed by atoms with E-state index in [1.54, 1.807) is 13.8 Å². The molecular weight excluding hydrogens is 366 g/mol. The number of hydrogen-bond donors (Lipinski definition) is 2. The molecule has 0 rings (SSSR count). The fourth-order valence-corrected chi connectivity index (χ4v) is 2.84. The van der Waals surface area contributed by atoms with Crippen LogP contribution < -0.4 is 5.73 Å². The van der Waals surface area contributed by atoms with Crippen molar-refractivity contribution in [1.29, 1.82) is 0 Å². The number of ether oxygens (including phenoxy) is 3. The molecule has 0 aromatic heterocycles. The summed E-state index contributed by atoms with van der Waals surface area (Å²) in [4.78, 5) is 0. The Hall–Kier alpha value is -0.200. The molecule has 5 nitrogen and oxygen atoms in total. The summed E-state index contributed by atoms with van der Waals surface area (Å²) in [6, 6.07) is 0. The maximum absolute atomic E-state index is 9.95. The van der Waals surface area contributed by atoms with E-state index in [0.29, 0.717) is 26.2 Å². The zero-order valence-electron chi connectivity index (χ0n) is 21.4. The Labute approximate surface area is 181 Å². The minimum atomic E-state index is -0.760. The first-order valence-electron chi connectivity index (χ1n) is 11.2. The standard InChI is InChI=1S/C24H51NO4/c1-18(2)27-15-13-20(4,5)24(12,25)29-17-19(3)22(8,9)23(10,11)28-16-14-21(6,7)26/h18-19,26H,13-17,25H2,1-12H3. The van der Waals surface area contributed by atoms with Crippen molar-refractivity contribution < 1.29 is 19.3 Å². The van der Waals surface area contributed by atoms with E-state index < -0.39 is 11.3 Å². The van der Waals surface area contributed by atoms with Gasteiger partial charge in [-0.05, 0) is 72.6 Å². The molecule has 3 N–H and O–H groups in total. The molecule has 0 bridgehead atoms.